The van der Waals surface area contributed by atoms with Gasteiger partial charge in [0.25, 0.3) is 5.91 Å². The highest BCUT2D eigenvalue weighted by Gasteiger charge is 2.55. The normalized spacial score (nSPS) is 26.6. The molecule has 9 heteroatoms. The number of hydrogen-bond acceptors (Lipinski definition) is 5. The van der Waals surface area contributed by atoms with Crippen LogP contribution in [-0.2, 0) is 19.2 Å². The number of amides is 2. The molecule has 0 radical (unpaired) electrons. The number of aliphatic carboxylic acids is 1. The highest BCUT2D eigenvalue weighted by atomic mass is 79.9. The molecule has 2 atom stereocenters. The third-order valence-corrected chi connectivity index (χ3v) is 4.37. The van der Waals surface area contributed by atoms with E-state index in [4.69, 9.17) is 5.11 Å². The number of nitrogens with zero attached hydrogens (tertiary/aromatic N) is 1. The number of nitrogens with one attached hydrogen (secondary N) is 1. The quantitative estimate of drug-likeness (QED) is 0.399. The van der Waals surface area contributed by atoms with Gasteiger partial charge in [-0.1, -0.05) is 27.7 Å². The van der Waals surface area contributed by atoms with Crippen LogP contribution < -0.4 is 5.32 Å². The first kappa shape index (κ1) is 13.1. The second-order valence-electron chi connectivity index (χ2n) is 3.53. The van der Waals surface area contributed by atoms with E-state index in [2.05, 4.69) is 21.2 Å². The van der Waals surface area contributed by atoms with Crippen molar-refractivity contribution in [1.82, 2.24) is 10.2 Å². The molecule has 2 heterocycles. The summed E-state index contributed by atoms with van der Waals surface area (Å²) in [5, 5.41) is 10.3. The minimum atomic E-state index is -1.33. The Morgan fingerprint density at radius 3 is 2.72 bits per heavy atom. The van der Waals surface area contributed by atoms with Gasteiger partial charge in [-0.25, -0.2) is 4.79 Å². The van der Waals surface area contributed by atoms with E-state index in [0.717, 1.165) is 16.7 Å². The van der Waals surface area contributed by atoms with Gasteiger partial charge in [-0.05, 0) is 0 Å². The van der Waals surface area contributed by atoms with Crippen LogP contribution in [0.25, 0.3) is 0 Å². The molecule has 1 fully saturated rings. The fourth-order valence-corrected chi connectivity index (χ4v) is 3.70. The average molecular weight is 335 g/mol. The summed E-state index contributed by atoms with van der Waals surface area (Å²) in [6.45, 7) is 0. The molecule has 0 unspecified atom stereocenters. The van der Waals surface area contributed by atoms with Crippen LogP contribution in [0.2, 0.25) is 0 Å². The fraction of sp³-hybridized carbons (Fsp3) is 0.333. The highest BCUT2D eigenvalue weighted by molar-refractivity contribution is 9.09. The Balaban J connectivity index is 2.41. The monoisotopic (exact) mass is 334 g/mol. The number of fused-ring (bicyclic) bond motifs is 1. The first-order chi connectivity index (χ1) is 8.52. The maximum Gasteiger partial charge on any atom is 0.353 e. The van der Waals surface area contributed by atoms with Gasteiger partial charge >= 0.3 is 5.97 Å². The Hall–Kier alpha value is -1.35. The van der Waals surface area contributed by atoms with Crippen molar-refractivity contribution in [3.63, 3.8) is 0 Å². The second-order valence-corrected chi connectivity index (χ2v) is 5.18. The molecular weight excluding hydrogens is 328 g/mol. The SMILES string of the molecule is O=CN[C@@H]1C(=O)N2C(C(=O)O)=C(CBr)C(=O)S[C@H]12. The standard InChI is InChI=1S/C9H7BrN2O5S/c10-1-3-5(8(15)16)12-6(14)4(11-2-13)7(12)18-9(3)17/h2,4,7H,1H2,(H,11,13)(H,15,16)/t4-,7-/m1/s1. The lowest BCUT2D eigenvalue weighted by molar-refractivity contribution is -0.150. The Morgan fingerprint density at radius 1 is 1.56 bits per heavy atom. The first-order valence-electron chi connectivity index (χ1n) is 4.79. The molecule has 0 saturated carbocycles. The maximum absolute atomic E-state index is 11.7. The van der Waals surface area contributed by atoms with Gasteiger partial charge in [0.2, 0.25) is 11.5 Å². The molecule has 2 aliphatic rings. The number of rotatable bonds is 4. The molecule has 0 aromatic heterocycles. The maximum atomic E-state index is 11.7. The van der Waals surface area contributed by atoms with Crippen LogP contribution in [0.3, 0.4) is 0 Å². The van der Waals surface area contributed by atoms with E-state index < -0.39 is 28.4 Å². The predicted octanol–water partition coefficient (Wildman–Crippen LogP) is -0.724. The molecule has 96 valence electrons. The van der Waals surface area contributed by atoms with Crippen LogP contribution in [0, 0.1) is 0 Å². The third kappa shape index (κ3) is 1.74. The van der Waals surface area contributed by atoms with Crippen molar-refractivity contribution in [3.05, 3.63) is 11.3 Å². The zero-order chi connectivity index (χ0) is 13.4. The Bertz CT molecular complexity index is 491. The van der Waals surface area contributed by atoms with Crippen molar-refractivity contribution >= 4 is 51.1 Å². The number of carbonyl (C=O) groups excluding carboxylic acids is 3. The predicted molar refractivity (Wildman–Crippen MR) is 64.7 cm³/mol. The average Bonchev–Trinajstić information content (AvgIpc) is 2.34. The number of hydrogen-bond donors (Lipinski definition) is 2. The summed E-state index contributed by atoms with van der Waals surface area (Å²) in [5.41, 5.74) is -0.267. The minimum absolute atomic E-state index is 0.0432. The topological polar surface area (TPSA) is 104 Å². The van der Waals surface area contributed by atoms with Crippen LogP contribution >= 0.6 is 27.7 Å². The number of alkyl halides is 1. The van der Waals surface area contributed by atoms with Gasteiger partial charge in [0, 0.05) is 10.9 Å². The molecule has 0 aliphatic carbocycles. The van der Waals surface area contributed by atoms with Gasteiger partial charge in [0.1, 0.15) is 17.1 Å². The molecule has 2 aliphatic heterocycles. The van der Waals surface area contributed by atoms with Crippen molar-refractivity contribution in [1.29, 1.82) is 0 Å². The second kappa shape index (κ2) is 4.73. The van der Waals surface area contributed by atoms with E-state index >= 15 is 0 Å². The Kier molecular flexibility index (Phi) is 3.44. The number of β-lactam (4-membered cyclic amide) rings is 1. The van der Waals surface area contributed by atoms with E-state index in [1.165, 1.54) is 0 Å². The molecule has 0 aromatic carbocycles. The number of carbonyl (C=O) groups is 4. The summed E-state index contributed by atoms with van der Waals surface area (Å²) in [6, 6.07) is -0.845. The molecule has 0 bridgehead atoms. The zero-order valence-electron chi connectivity index (χ0n) is 8.75. The largest absolute Gasteiger partial charge is 0.477 e. The Labute approximate surface area is 114 Å². The van der Waals surface area contributed by atoms with Crippen LogP contribution in [-0.4, -0.2) is 50.2 Å². The zero-order valence-corrected chi connectivity index (χ0v) is 11.2. The van der Waals surface area contributed by atoms with Gasteiger partial charge in [-0.15, -0.1) is 0 Å². The first-order valence-corrected chi connectivity index (χ1v) is 6.79. The van der Waals surface area contributed by atoms with E-state index in [9.17, 15) is 19.2 Å². The van der Waals surface area contributed by atoms with Crippen LogP contribution in [0.4, 0.5) is 0 Å². The molecule has 7 nitrogen and oxygen atoms in total. The molecule has 0 spiro atoms. The smallest absolute Gasteiger partial charge is 0.353 e. The van der Waals surface area contributed by atoms with Crippen molar-refractivity contribution in [2.24, 2.45) is 0 Å². The van der Waals surface area contributed by atoms with Crippen molar-refractivity contribution in [2.75, 3.05) is 5.33 Å². The number of carboxylic acids is 1. The summed E-state index contributed by atoms with van der Waals surface area (Å²) in [5.74, 6) is -1.86. The summed E-state index contributed by atoms with van der Waals surface area (Å²) in [4.78, 5) is 46.0. The van der Waals surface area contributed by atoms with Crippen LogP contribution in [0.5, 0.6) is 0 Å². The third-order valence-electron chi connectivity index (χ3n) is 2.63. The molecule has 18 heavy (non-hydrogen) atoms. The lowest BCUT2D eigenvalue weighted by Crippen LogP contribution is -2.70. The summed E-state index contributed by atoms with van der Waals surface area (Å²) in [6.07, 6.45) is 0.356. The molecule has 2 rings (SSSR count). The molecule has 1 saturated heterocycles. The van der Waals surface area contributed by atoms with Gasteiger partial charge in [0.15, 0.2) is 0 Å². The number of thioether (sulfide) groups is 1. The lowest BCUT2D eigenvalue weighted by atomic mass is 10.0. The van der Waals surface area contributed by atoms with Crippen molar-refractivity contribution < 1.29 is 24.3 Å². The van der Waals surface area contributed by atoms with Crippen molar-refractivity contribution in [2.45, 2.75) is 11.4 Å². The van der Waals surface area contributed by atoms with E-state index in [-0.39, 0.29) is 16.6 Å². The van der Waals surface area contributed by atoms with E-state index in [0.29, 0.717) is 6.41 Å². The molecular formula is C9H7BrN2O5S. The molecule has 2 amide bonds. The highest BCUT2D eigenvalue weighted by Crippen LogP contribution is 2.41. The fourth-order valence-electron chi connectivity index (χ4n) is 1.82. The summed E-state index contributed by atoms with van der Waals surface area (Å²) < 4.78 is 0. The van der Waals surface area contributed by atoms with Gasteiger partial charge < -0.3 is 10.4 Å². The molecule has 2 N–H and O–H groups in total. The summed E-state index contributed by atoms with van der Waals surface area (Å²) >= 11 is 3.87. The number of carboxylic acid groups (broad SMARTS) is 1. The van der Waals surface area contributed by atoms with Gasteiger partial charge in [-0.3, -0.25) is 19.3 Å². The van der Waals surface area contributed by atoms with Crippen molar-refractivity contribution in [3.8, 4) is 0 Å². The number of halogens is 1. The molecule has 0 aromatic rings. The van der Waals surface area contributed by atoms with E-state index in [1.807, 2.05) is 0 Å². The Morgan fingerprint density at radius 2 is 2.22 bits per heavy atom. The van der Waals surface area contributed by atoms with Crippen LogP contribution in [0.1, 0.15) is 0 Å². The van der Waals surface area contributed by atoms with E-state index in [1.54, 1.807) is 0 Å². The lowest BCUT2D eigenvalue weighted by Gasteiger charge is -2.48. The summed E-state index contributed by atoms with van der Waals surface area (Å²) in [7, 11) is 0. The van der Waals surface area contributed by atoms with Gasteiger partial charge in [-0.2, -0.15) is 0 Å². The van der Waals surface area contributed by atoms with Gasteiger partial charge in [0.05, 0.1) is 0 Å². The minimum Gasteiger partial charge on any atom is -0.477 e. The van der Waals surface area contributed by atoms with Crippen LogP contribution in [0.15, 0.2) is 11.3 Å².